The van der Waals surface area contributed by atoms with Crippen molar-refractivity contribution in [2.24, 2.45) is 5.92 Å². The van der Waals surface area contributed by atoms with Crippen molar-refractivity contribution < 1.29 is 39.6 Å². The molecule has 2 atom stereocenters. The Morgan fingerprint density at radius 2 is 1.19 bits per heavy atom. The molecule has 260 valence electrons. The number of aliphatic hydroxyl groups excluding tert-OH is 1. The van der Waals surface area contributed by atoms with Gasteiger partial charge in [0.2, 0.25) is 0 Å². The second-order valence-corrected chi connectivity index (χ2v) is 11.5. The second-order valence-electron chi connectivity index (χ2n) is 11.5. The van der Waals surface area contributed by atoms with Crippen molar-refractivity contribution in [2.75, 3.05) is 40.3 Å². The van der Waals surface area contributed by atoms with Gasteiger partial charge in [-0.3, -0.25) is 9.74 Å². The zero-order valence-corrected chi connectivity index (χ0v) is 28.3. The predicted octanol–water partition coefficient (Wildman–Crippen LogP) is 3.76. The number of likely N-dealkylation sites (N-methyl/N-ethyl adjacent to an activating group) is 2. The number of aliphatic hydroxyl groups is 1. The van der Waals surface area contributed by atoms with Crippen LogP contribution in [0.15, 0.2) is 72.8 Å². The standard InChI is InChI=1S/C17H19NO4.C14H22N2O3.C4H10.CH2O/c19-12-17(11-14-3-7-16(21)8-4-14)22-18-10-9-13-1-5-15(20)6-2-13;1-15(11-14(19)16(2)9-10-17)8-7-12-3-5-13(18)6-4-12;1-4(2)3;1-2/h1-8,12,17-18,20-21H,9-11H2;3-6,10,14,18-19H,7-9,11H2,1-2H3;4H,1-3H3;1H2. The molecule has 3 rings (SSSR count). The zero-order chi connectivity index (χ0) is 35.6. The lowest BCUT2D eigenvalue weighted by Gasteiger charge is -2.26. The average molecular weight is 656 g/mol. The maximum atomic E-state index is 11.0. The Kier molecular flexibility index (Phi) is 23.7. The molecule has 0 aliphatic carbocycles. The van der Waals surface area contributed by atoms with Gasteiger partial charge < -0.3 is 39.7 Å². The SMILES string of the molecule is C=O.CC(C)C.CN(CCc1ccc(O)cc1)CC(O)N(C)CC=O.O=CC(Cc1ccc(O)cc1)ONCCc1ccc(O)cc1. The predicted molar refractivity (Wildman–Crippen MR) is 184 cm³/mol. The van der Waals surface area contributed by atoms with Crippen LogP contribution in [0.1, 0.15) is 37.5 Å². The molecule has 0 aliphatic heterocycles. The van der Waals surface area contributed by atoms with E-state index in [0.29, 0.717) is 19.5 Å². The first-order chi connectivity index (χ1) is 22.4. The molecule has 0 aromatic heterocycles. The summed E-state index contributed by atoms with van der Waals surface area (Å²) in [6.07, 6.45) is 2.32. The quantitative estimate of drug-likeness (QED) is 0.0662. The number of hydrogen-bond donors (Lipinski definition) is 5. The minimum absolute atomic E-state index is 0.194. The number of hydroxylamine groups is 1. The van der Waals surface area contributed by atoms with E-state index in [1.165, 1.54) is 0 Å². The molecule has 0 radical (unpaired) electrons. The van der Waals surface area contributed by atoms with Gasteiger partial charge in [-0.05, 0) is 85.9 Å². The van der Waals surface area contributed by atoms with Crippen LogP contribution in [0.4, 0.5) is 0 Å². The number of phenolic OH excluding ortho intramolecular Hbond substituents is 3. The van der Waals surface area contributed by atoms with Crippen LogP contribution >= 0.6 is 0 Å². The van der Waals surface area contributed by atoms with E-state index in [1.54, 1.807) is 60.5 Å². The Labute approximate surface area is 279 Å². The molecule has 0 saturated heterocycles. The number of carbonyl (C=O) groups is 3. The smallest absolute Gasteiger partial charge is 0.151 e. The van der Waals surface area contributed by atoms with Crippen LogP contribution in [0, 0.1) is 5.92 Å². The molecule has 0 spiro atoms. The van der Waals surface area contributed by atoms with E-state index in [4.69, 9.17) is 9.63 Å². The number of nitrogens with zero attached hydrogens (tertiary/aromatic N) is 2. The molecule has 0 fully saturated rings. The van der Waals surface area contributed by atoms with E-state index in [1.807, 2.05) is 43.0 Å². The van der Waals surface area contributed by atoms with Crippen molar-refractivity contribution >= 4 is 19.4 Å². The molecule has 2 unspecified atom stereocenters. The van der Waals surface area contributed by atoms with Crippen LogP contribution in [-0.2, 0) is 38.5 Å². The van der Waals surface area contributed by atoms with Crippen molar-refractivity contribution in [1.82, 2.24) is 15.3 Å². The first-order valence-electron chi connectivity index (χ1n) is 15.4. The fourth-order valence-corrected chi connectivity index (χ4v) is 3.74. The van der Waals surface area contributed by atoms with Gasteiger partial charge in [-0.1, -0.05) is 57.2 Å². The molecule has 0 saturated carbocycles. The highest BCUT2D eigenvalue weighted by Crippen LogP contribution is 2.13. The van der Waals surface area contributed by atoms with Crippen LogP contribution in [0.25, 0.3) is 0 Å². The summed E-state index contributed by atoms with van der Waals surface area (Å²) in [5.74, 6) is 1.53. The topological polar surface area (TPSA) is 160 Å². The first kappa shape index (κ1) is 42.9. The Morgan fingerprint density at radius 1 is 0.766 bits per heavy atom. The number of aldehydes is 2. The summed E-state index contributed by atoms with van der Waals surface area (Å²) in [5, 5.41) is 37.4. The van der Waals surface area contributed by atoms with Gasteiger partial charge in [0.25, 0.3) is 0 Å². The Hall–Kier alpha value is -4.13. The van der Waals surface area contributed by atoms with E-state index in [9.17, 15) is 30.0 Å². The fourth-order valence-electron chi connectivity index (χ4n) is 3.74. The van der Waals surface area contributed by atoms with Gasteiger partial charge in [0.05, 0.1) is 6.54 Å². The van der Waals surface area contributed by atoms with Gasteiger partial charge in [0, 0.05) is 26.1 Å². The lowest BCUT2D eigenvalue weighted by atomic mass is 10.1. The van der Waals surface area contributed by atoms with E-state index in [2.05, 4.69) is 26.3 Å². The van der Waals surface area contributed by atoms with Crippen molar-refractivity contribution in [3.8, 4) is 17.2 Å². The highest BCUT2D eigenvalue weighted by atomic mass is 16.7. The van der Waals surface area contributed by atoms with Crippen molar-refractivity contribution in [2.45, 2.75) is 52.4 Å². The molecule has 0 bridgehead atoms. The highest BCUT2D eigenvalue weighted by molar-refractivity contribution is 5.56. The van der Waals surface area contributed by atoms with E-state index in [-0.39, 0.29) is 23.8 Å². The van der Waals surface area contributed by atoms with Crippen LogP contribution in [-0.4, -0.2) is 102 Å². The van der Waals surface area contributed by atoms with Crippen molar-refractivity contribution in [1.29, 1.82) is 0 Å². The summed E-state index contributed by atoms with van der Waals surface area (Å²) < 4.78 is 0. The average Bonchev–Trinajstić information content (AvgIpc) is 3.05. The maximum Gasteiger partial charge on any atom is 0.151 e. The highest BCUT2D eigenvalue weighted by Gasteiger charge is 2.13. The molecule has 11 heteroatoms. The van der Waals surface area contributed by atoms with Gasteiger partial charge >= 0.3 is 0 Å². The van der Waals surface area contributed by atoms with Crippen molar-refractivity contribution in [3.63, 3.8) is 0 Å². The third-order valence-electron chi connectivity index (χ3n) is 6.28. The van der Waals surface area contributed by atoms with Gasteiger partial charge in [0.15, 0.2) is 6.29 Å². The summed E-state index contributed by atoms with van der Waals surface area (Å²) >= 11 is 0. The number of rotatable bonds is 16. The minimum atomic E-state index is -0.644. The number of hydrogen-bond acceptors (Lipinski definition) is 11. The molecule has 0 amide bonds. The molecule has 0 heterocycles. The van der Waals surface area contributed by atoms with Gasteiger partial charge in [-0.2, -0.15) is 0 Å². The van der Waals surface area contributed by atoms with Gasteiger partial charge in [0.1, 0.15) is 42.7 Å². The maximum absolute atomic E-state index is 11.0. The summed E-state index contributed by atoms with van der Waals surface area (Å²) in [6, 6.07) is 20.7. The normalized spacial score (nSPS) is 11.7. The number of phenols is 3. The molecular weight excluding hydrogens is 602 g/mol. The third-order valence-corrected chi connectivity index (χ3v) is 6.28. The molecule has 3 aromatic carbocycles. The Morgan fingerprint density at radius 3 is 1.62 bits per heavy atom. The van der Waals surface area contributed by atoms with E-state index in [0.717, 1.165) is 54.6 Å². The lowest BCUT2D eigenvalue weighted by Crippen LogP contribution is -2.42. The van der Waals surface area contributed by atoms with Crippen LogP contribution in [0.2, 0.25) is 0 Å². The summed E-state index contributed by atoms with van der Waals surface area (Å²) in [6.45, 7) is 10.6. The van der Waals surface area contributed by atoms with Gasteiger partial charge in [-0.15, -0.1) is 0 Å². The van der Waals surface area contributed by atoms with Crippen molar-refractivity contribution in [3.05, 3.63) is 89.5 Å². The minimum Gasteiger partial charge on any atom is -0.508 e. The van der Waals surface area contributed by atoms with Crippen LogP contribution < -0.4 is 5.48 Å². The fraction of sp³-hybridized carbons (Fsp3) is 0.417. The van der Waals surface area contributed by atoms with E-state index >= 15 is 0 Å². The van der Waals surface area contributed by atoms with E-state index < -0.39 is 12.3 Å². The molecule has 11 nitrogen and oxygen atoms in total. The lowest BCUT2D eigenvalue weighted by molar-refractivity contribution is -0.123. The Bertz CT molecular complexity index is 1210. The number of carbonyl (C=O) groups excluding carboxylic acids is 3. The molecule has 0 aliphatic rings. The monoisotopic (exact) mass is 655 g/mol. The summed E-state index contributed by atoms with van der Waals surface area (Å²) in [5.41, 5.74) is 5.90. The molecule has 5 N–H and O–H groups in total. The van der Waals surface area contributed by atoms with Crippen LogP contribution in [0.5, 0.6) is 17.2 Å². The number of aromatic hydroxyl groups is 3. The summed E-state index contributed by atoms with van der Waals surface area (Å²) in [4.78, 5) is 38.3. The summed E-state index contributed by atoms with van der Waals surface area (Å²) in [7, 11) is 3.64. The van der Waals surface area contributed by atoms with Gasteiger partial charge in [-0.25, -0.2) is 5.48 Å². The largest absolute Gasteiger partial charge is 0.508 e. The molecule has 3 aromatic rings. The Balaban J connectivity index is 0.000000778. The number of nitrogens with one attached hydrogen (secondary N) is 1. The number of benzene rings is 3. The zero-order valence-electron chi connectivity index (χ0n) is 28.3. The van der Waals surface area contributed by atoms with Crippen LogP contribution in [0.3, 0.4) is 0 Å². The second kappa shape index (κ2) is 26.0. The molecular formula is C36H53N3O8. The first-order valence-corrected chi connectivity index (χ1v) is 15.4. The molecule has 47 heavy (non-hydrogen) atoms. The third kappa shape index (κ3) is 22.1.